The largest absolute Gasteiger partial charge is 0.324 e. The highest BCUT2D eigenvalue weighted by atomic mass is 15.1. The number of benzene rings is 1. The molecule has 68 valence electrons. The highest BCUT2D eigenvalue weighted by molar-refractivity contribution is 5.54. The van der Waals surface area contributed by atoms with Crippen molar-refractivity contribution in [3.63, 3.8) is 0 Å². The van der Waals surface area contributed by atoms with E-state index in [4.69, 9.17) is 0 Å². The second kappa shape index (κ2) is 2.80. The molecule has 2 heterocycles. The number of nitrogens with zero attached hydrogens (tertiary/aromatic N) is 3. The van der Waals surface area contributed by atoms with E-state index in [0.29, 0.717) is 0 Å². The van der Waals surface area contributed by atoms with Gasteiger partial charge in [-0.3, -0.25) is 0 Å². The van der Waals surface area contributed by atoms with Crippen LogP contribution in [0.5, 0.6) is 0 Å². The van der Waals surface area contributed by atoms with Crippen LogP contribution < -0.4 is 0 Å². The molecular formula is C11H9N3. The first kappa shape index (κ1) is 7.50. The zero-order valence-corrected chi connectivity index (χ0v) is 7.59. The second-order valence-electron chi connectivity index (χ2n) is 3.30. The van der Waals surface area contributed by atoms with E-state index in [1.165, 1.54) is 5.56 Å². The van der Waals surface area contributed by atoms with Gasteiger partial charge in [-0.1, -0.05) is 6.07 Å². The maximum Gasteiger partial charge on any atom is 0.0924 e. The van der Waals surface area contributed by atoms with Crippen LogP contribution in [0, 0.1) is 0 Å². The third-order valence-electron chi connectivity index (χ3n) is 2.39. The quantitative estimate of drug-likeness (QED) is 0.650. The standard InChI is InChI=1S/C11H9N3/c1-2-6-14(5-1)10-4-3-9-8-12-13-11(9)7-10/h1-7H,8H2. The maximum absolute atomic E-state index is 4.08. The van der Waals surface area contributed by atoms with E-state index in [2.05, 4.69) is 33.0 Å². The Labute approximate surface area is 81.7 Å². The molecule has 0 saturated heterocycles. The van der Waals surface area contributed by atoms with Crippen molar-refractivity contribution in [2.45, 2.75) is 6.54 Å². The van der Waals surface area contributed by atoms with Crippen molar-refractivity contribution in [2.75, 3.05) is 0 Å². The Morgan fingerprint density at radius 3 is 2.86 bits per heavy atom. The molecule has 0 aliphatic carbocycles. The fourth-order valence-electron chi connectivity index (χ4n) is 1.63. The van der Waals surface area contributed by atoms with Crippen molar-refractivity contribution in [2.24, 2.45) is 10.2 Å². The molecule has 1 aliphatic heterocycles. The van der Waals surface area contributed by atoms with Crippen LogP contribution in [-0.4, -0.2) is 4.57 Å². The van der Waals surface area contributed by atoms with Crippen LogP contribution in [0.4, 0.5) is 5.69 Å². The molecule has 0 bridgehead atoms. The molecule has 0 spiro atoms. The lowest BCUT2D eigenvalue weighted by Gasteiger charge is -2.03. The van der Waals surface area contributed by atoms with Crippen LogP contribution in [0.3, 0.4) is 0 Å². The van der Waals surface area contributed by atoms with Crippen LogP contribution in [0.2, 0.25) is 0 Å². The fraction of sp³-hybridized carbons (Fsp3) is 0.0909. The third kappa shape index (κ3) is 1.06. The molecule has 1 aliphatic rings. The predicted octanol–water partition coefficient (Wildman–Crippen LogP) is 3.07. The van der Waals surface area contributed by atoms with Gasteiger partial charge in [0.2, 0.25) is 0 Å². The average molecular weight is 183 g/mol. The molecule has 2 aromatic rings. The first-order chi connectivity index (χ1) is 6.93. The van der Waals surface area contributed by atoms with Crippen LogP contribution in [0.1, 0.15) is 5.56 Å². The van der Waals surface area contributed by atoms with Gasteiger partial charge in [-0.05, 0) is 24.3 Å². The van der Waals surface area contributed by atoms with Crippen molar-refractivity contribution in [3.05, 3.63) is 48.3 Å². The van der Waals surface area contributed by atoms with Gasteiger partial charge in [-0.2, -0.15) is 10.2 Å². The first-order valence-corrected chi connectivity index (χ1v) is 4.57. The minimum atomic E-state index is 0.724. The summed E-state index contributed by atoms with van der Waals surface area (Å²) in [5, 5.41) is 8.07. The minimum absolute atomic E-state index is 0.724. The van der Waals surface area contributed by atoms with Crippen molar-refractivity contribution in [1.82, 2.24) is 4.57 Å². The predicted molar refractivity (Wildman–Crippen MR) is 54.0 cm³/mol. The van der Waals surface area contributed by atoms with Crippen molar-refractivity contribution in [3.8, 4) is 5.69 Å². The molecule has 0 unspecified atom stereocenters. The van der Waals surface area contributed by atoms with Crippen LogP contribution in [0.25, 0.3) is 5.69 Å². The van der Waals surface area contributed by atoms with E-state index in [0.717, 1.165) is 17.9 Å². The van der Waals surface area contributed by atoms with Gasteiger partial charge in [-0.15, -0.1) is 0 Å². The first-order valence-electron chi connectivity index (χ1n) is 4.57. The van der Waals surface area contributed by atoms with E-state index in [1.807, 2.05) is 24.5 Å². The number of hydrogen-bond donors (Lipinski definition) is 0. The van der Waals surface area contributed by atoms with Crippen LogP contribution in [-0.2, 0) is 6.54 Å². The summed E-state index contributed by atoms with van der Waals surface area (Å²) < 4.78 is 2.06. The molecule has 0 saturated carbocycles. The van der Waals surface area contributed by atoms with Gasteiger partial charge in [0.15, 0.2) is 0 Å². The van der Waals surface area contributed by atoms with Gasteiger partial charge in [-0.25, -0.2) is 0 Å². The smallest absolute Gasteiger partial charge is 0.0924 e. The zero-order valence-electron chi connectivity index (χ0n) is 7.59. The van der Waals surface area contributed by atoms with Gasteiger partial charge >= 0.3 is 0 Å². The lowest BCUT2D eigenvalue weighted by molar-refractivity contribution is 1.04. The Morgan fingerprint density at radius 1 is 1.14 bits per heavy atom. The zero-order chi connectivity index (χ0) is 9.38. The molecular weight excluding hydrogens is 174 g/mol. The average Bonchev–Trinajstić information content (AvgIpc) is 2.88. The Morgan fingerprint density at radius 2 is 2.00 bits per heavy atom. The summed E-state index contributed by atoms with van der Waals surface area (Å²) in [5.41, 5.74) is 3.34. The summed E-state index contributed by atoms with van der Waals surface area (Å²) in [7, 11) is 0. The molecule has 0 amide bonds. The van der Waals surface area contributed by atoms with E-state index in [9.17, 15) is 0 Å². The molecule has 0 N–H and O–H groups in total. The van der Waals surface area contributed by atoms with Gasteiger partial charge in [0, 0.05) is 23.6 Å². The number of fused-ring (bicyclic) bond motifs is 1. The monoisotopic (exact) mass is 183 g/mol. The van der Waals surface area contributed by atoms with Gasteiger partial charge < -0.3 is 4.57 Å². The van der Waals surface area contributed by atoms with E-state index in [-0.39, 0.29) is 0 Å². The number of hydrogen-bond acceptors (Lipinski definition) is 2. The molecule has 0 radical (unpaired) electrons. The summed E-state index contributed by atoms with van der Waals surface area (Å²) in [6.07, 6.45) is 4.04. The lowest BCUT2D eigenvalue weighted by Crippen LogP contribution is -1.89. The summed E-state index contributed by atoms with van der Waals surface area (Å²) in [6, 6.07) is 10.3. The van der Waals surface area contributed by atoms with E-state index >= 15 is 0 Å². The van der Waals surface area contributed by atoms with Crippen molar-refractivity contribution in [1.29, 1.82) is 0 Å². The molecule has 1 aromatic carbocycles. The van der Waals surface area contributed by atoms with Crippen LogP contribution >= 0.6 is 0 Å². The second-order valence-corrected chi connectivity index (χ2v) is 3.30. The number of aromatic nitrogens is 1. The van der Waals surface area contributed by atoms with E-state index < -0.39 is 0 Å². The number of azo groups is 1. The van der Waals surface area contributed by atoms with E-state index in [1.54, 1.807) is 0 Å². The minimum Gasteiger partial charge on any atom is -0.324 e. The SMILES string of the molecule is c1ccn(-c2ccc3c(c2)N=NC3)c1. The summed E-state index contributed by atoms with van der Waals surface area (Å²) in [5.74, 6) is 0. The fourth-order valence-corrected chi connectivity index (χ4v) is 1.63. The summed E-state index contributed by atoms with van der Waals surface area (Å²) >= 11 is 0. The topological polar surface area (TPSA) is 29.6 Å². The Balaban J connectivity index is 2.13. The maximum atomic E-state index is 4.08. The molecule has 3 heteroatoms. The highest BCUT2D eigenvalue weighted by Crippen LogP contribution is 2.28. The molecule has 0 atom stereocenters. The van der Waals surface area contributed by atoms with Gasteiger partial charge in [0.05, 0.1) is 12.2 Å². The summed E-state index contributed by atoms with van der Waals surface area (Å²) in [6.45, 7) is 0.724. The van der Waals surface area contributed by atoms with Crippen molar-refractivity contribution >= 4 is 5.69 Å². The molecule has 14 heavy (non-hydrogen) atoms. The highest BCUT2D eigenvalue weighted by Gasteiger charge is 2.08. The molecule has 0 fully saturated rings. The third-order valence-corrected chi connectivity index (χ3v) is 2.39. The molecule has 3 rings (SSSR count). The molecule has 3 nitrogen and oxygen atoms in total. The normalized spacial score (nSPS) is 13.1. The summed E-state index contributed by atoms with van der Waals surface area (Å²) in [4.78, 5) is 0. The Hall–Kier alpha value is -1.90. The Kier molecular flexibility index (Phi) is 1.50. The van der Waals surface area contributed by atoms with Crippen LogP contribution in [0.15, 0.2) is 53.0 Å². The van der Waals surface area contributed by atoms with Gasteiger partial charge in [0.1, 0.15) is 0 Å². The van der Waals surface area contributed by atoms with Crippen molar-refractivity contribution < 1.29 is 0 Å². The van der Waals surface area contributed by atoms with Gasteiger partial charge in [0.25, 0.3) is 0 Å². The molecule has 1 aromatic heterocycles. The lowest BCUT2D eigenvalue weighted by atomic mass is 10.2. The Bertz CT molecular complexity index is 483. The number of rotatable bonds is 1.